The van der Waals surface area contributed by atoms with Crippen molar-refractivity contribution in [3.8, 4) is 0 Å². The summed E-state index contributed by atoms with van der Waals surface area (Å²) in [5, 5.41) is 0. The van der Waals surface area contributed by atoms with Gasteiger partial charge < -0.3 is 16.0 Å². The quantitative estimate of drug-likeness (QED) is 0.444. The van der Waals surface area contributed by atoms with Gasteiger partial charge in [-0.25, -0.2) is 8.42 Å². The summed E-state index contributed by atoms with van der Waals surface area (Å²) >= 11 is -1.47. The average molecular weight is 345 g/mol. The first kappa shape index (κ1) is 18.5. The number of rotatable bonds is 5. The second kappa shape index (κ2) is 7.12. The van der Waals surface area contributed by atoms with E-state index >= 15 is 0 Å². The van der Waals surface area contributed by atoms with Gasteiger partial charge in [0.05, 0.1) is 0 Å². The molecule has 1 aromatic carbocycles. The SMILES string of the molecule is CCc1cc([S+]([O-])CC)c(S(C)(=O)=O)cc1C(=O)N=C(N)N. The highest BCUT2D eigenvalue weighted by Crippen LogP contribution is 2.27. The van der Waals surface area contributed by atoms with Crippen LogP contribution < -0.4 is 11.5 Å². The molecule has 4 N–H and O–H groups in total. The van der Waals surface area contributed by atoms with E-state index in [-0.39, 0.29) is 21.1 Å². The van der Waals surface area contributed by atoms with Crippen LogP contribution in [0, 0.1) is 0 Å². The monoisotopic (exact) mass is 345 g/mol. The van der Waals surface area contributed by atoms with Crippen LogP contribution >= 0.6 is 0 Å². The van der Waals surface area contributed by atoms with Gasteiger partial charge in [-0.15, -0.1) is 0 Å². The number of benzene rings is 1. The molecule has 22 heavy (non-hydrogen) atoms. The van der Waals surface area contributed by atoms with Crippen LogP contribution in [-0.2, 0) is 27.4 Å². The zero-order chi connectivity index (χ0) is 17.1. The number of aryl methyl sites for hydroxylation is 1. The fourth-order valence-corrected chi connectivity index (χ4v) is 4.25. The molecule has 122 valence electrons. The van der Waals surface area contributed by atoms with Crippen molar-refractivity contribution in [2.75, 3.05) is 12.0 Å². The van der Waals surface area contributed by atoms with Gasteiger partial charge in [-0.05, 0) is 42.2 Å². The lowest BCUT2D eigenvalue weighted by Gasteiger charge is -2.15. The van der Waals surface area contributed by atoms with Crippen LogP contribution in [0.1, 0.15) is 29.8 Å². The fraction of sp³-hybridized carbons (Fsp3) is 0.385. The first-order valence-corrected chi connectivity index (χ1v) is 9.72. The van der Waals surface area contributed by atoms with Crippen LogP contribution in [0.5, 0.6) is 0 Å². The molecule has 1 unspecified atom stereocenters. The Morgan fingerprint density at radius 3 is 2.32 bits per heavy atom. The van der Waals surface area contributed by atoms with Gasteiger partial charge in [-0.3, -0.25) is 4.79 Å². The summed E-state index contributed by atoms with van der Waals surface area (Å²) in [4.78, 5) is 15.5. The molecular formula is C13H19N3O4S2. The maximum Gasteiger partial charge on any atom is 0.280 e. The predicted molar refractivity (Wildman–Crippen MR) is 86.0 cm³/mol. The molecule has 0 fully saturated rings. The van der Waals surface area contributed by atoms with Gasteiger partial charge in [-0.1, -0.05) is 6.92 Å². The van der Waals surface area contributed by atoms with E-state index in [0.717, 1.165) is 6.26 Å². The Morgan fingerprint density at radius 2 is 1.91 bits per heavy atom. The third kappa shape index (κ3) is 4.21. The Hall–Kier alpha value is -1.58. The molecular weight excluding hydrogens is 326 g/mol. The lowest BCUT2D eigenvalue weighted by Crippen LogP contribution is -2.24. The van der Waals surface area contributed by atoms with Crippen molar-refractivity contribution in [1.29, 1.82) is 0 Å². The first-order valence-electron chi connectivity index (χ1n) is 6.51. The minimum Gasteiger partial charge on any atom is -0.611 e. The third-order valence-corrected chi connectivity index (χ3v) is 5.54. The van der Waals surface area contributed by atoms with E-state index in [1.54, 1.807) is 13.8 Å². The molecule has 0 saturated heterocycles. The van der Waals surface area contributed by atoms with Gasteiger partial charge in [0.1, 0.15) is 10.6 Å². The maximum atomic E-state index is 12.1. The van der Waals surface area contributed by atoms with Crippen molar-refractivity contribution in [2.24, 2.45) is 16.5 Å². The number of nitrogens with zero attached hydrogens (tertiary/aromatic N) is 1. The molecule has 0 radical (unpaired) electrons. The van der Waals surface area contributed by atoms with Crippen molar-refractivity contribution in [3.63, 3.8) is 0 Å². The van der Waals surface area contributed by atoms with Crippen LogP contribution in [-0.4, -0.2) is 36.8 Å². The van der Waals surface area contributed by atoms with Crippen molar-refractivity contribution >= 4 is 32.9 Å². The van der Waals surface area contributed by atoms with Gasteiger partial charge in [0.2, 0.25) is 0 Å². The van der Waals surface area contributed by atoms with Crippen LogP contribution in [0.3, 0.4) is 0 Å². The van der Waals surface area contributed by atoms with Crippen LogP contribution in [0.15, 0.2) is 26.9 Å². The lowest BCUT2D eigenvalue weighted by molar-refractivity contribution is 0.100. The van der Waals surface area contributed by atoms with E-state index in [9.17, 15) is 17.8 Å². The Kier molecular flexibility index (Phi) is 5.98. The molecule has 0 spiro atoms. The zero-order valence-corrected chi connectivity index (χ0v) is 14.3. The molecule has 0 heterocycles. The molecule has 1 amide bonds. The summed E-state index contributed by atoms with van der Waals surface area (Å²) in [6.45, 7) is 3.48. The molecule has 0 saturated carbocycles. The third-order valence-electron chi connectivity index (χ3n) is 2.92. The summed E-state index contributed by atoms with van der Waals surface area (Å²) in [7, 11) is -3.65. The number of aliphatic imine (C=N–C) groups is 1. The molecule has 0 aromatic heterocycles. The molecule has 1 rings (SSSR count). The number of carbonyl (C=O) groups is 1. The van der Waals surface area contributed by atoms with E-state index in [1.165, 1.54) is 12.1 Å². The minimum absolute atomic E-state index is 0.0909. The van der Waals surface area contributed by atoms with Gasteiger partial charge in [-0.2, -0.15) is 4.99 Å². The molecule has 9 heteroatoms. The fourth-order valence-electron chi connectivity index (χ4n) is 1.89. The van der Waals surface area contributed by atoms with E-state index in [0.29, 0.717) is 12.0 Å². The maximum absolute atomic E-state index is 12.1. The highest BCUT2D eigenvalue weighted by atomic mass is 32.2. The highest BCUT2D eigenvalue weighted by Gasteiger charge is 2.26. The Balaban J connectivity index is 3.68. The molecule has 0 aliphatic heterocycles. The summed E-state index contributed by atoms with van der Waals surface area (Å²) in [5.74, 6) is -0.864. The zero-order valence-electron chi connectivity index (χ0n) is 12.6. The Labute approximate surface area is 132 Å². The number of nitrogens with two attached hydrogens (primary N) is 2. The number of hydrogen-bond acceptors (Lipinski definition) is 4. The van der Waals surface area contributed by atoms with E-state index in [1.807, 2.05) is 0 Å². The minimum atomic E-state index is -3.65. The van der Waals surface area contributed by atoms with E-state index < -0.39 is 32.9 Å². The van der Waals surface area contributed by atoms with Crippen molar-refractivity contribution in [2.45, 2.75) is 30.1 Å². The second-order valence-corrected chi connectivity index (χ2v) is 8.25. The summed E-state index contributed by atoms with van der Waals surface area (Å²) in [6, 6.07) is 2.68. The van der Waals surface area contributed by atoms with E-state index in [2.05, 4.69) is 4.99 Å². The number of amides is 1. The van der Waals surface area contributed by atoms with Crippen molar-refractivity contribution < 1.29 is 17.8 Å². The van der Waals surface area contributed by atoms with E-state index in [4.69, 9.17) is 11.5 Å². The first-order chi connectivity index (χ1) is 10.1. The molecule has 7 nitrogen and oxygen atoms in total. The molecule has 1 atom stereocenters. The highest BCUT2D eigenvalue weighted by molar-refractivity contribution is 7.94. The number of sulfone groups is 1. The number of carbonyl (C=O) groups excluding carboxylic acids is 1. The molecule has 0 aliphatic rings. The van der Waals surface area contributed by atoms with Gasteiger partial charge in [0, 0.05) is 11.8 Å². The van der Waals surface area contributed by atoms with Gasteiger partial charge in [0.25, 0.3) is 5.91 Å². The molecule has 0 aliphatic carbocycles. The summed E-state index contributed by atoms with van der Waals surface area (Å²) in [5.41, 5.74) is 11.0. The van der Waals surface area contributed by atoms with Gasteiger partial charge >= 0.3 is 0 Å². The predicted octanol–water partition coefficient (Wildman–Crippen LogP) is 0.194. The number of hydrogen-bond donors (Lipinski definition) is 2. The normalized spacial score (nSPS) is 12.7. The van der Waals surface area contributed by atoms with Crippen molar-refractivity contribution in [1.82, 2.24) is 0 Å². The summed E-state index contributed by atoms with van der Waals surface area (Å²) in [6.07, 6.45) is 1.44. The number of guanidine groups is 1. The van der Waals surface area contributed by atoms with Crippen LogP contribution in [0.25, 0.3) is 0 Å². The van der Waals surface area contributed by atoms with Crippen molar-refractivity contribution in [3.05, 3.63) is 23.3 Å². The smallest absolute Gasteiger partial charge is 0.280 e. The Bertz CT molecular complexity index is 710. The second-order valence-electron chi connectivity index (χ2n) is 4.56. The average Bonchev–Trinajstić information content (AvgIpc) is 2.43. The van der Waals surface area contributed by atoms with Crippen LogP contribution in [0.4, 0.5) is 0 Å². The van der Waals surface area contributed by atoms with Gasteiger partial charge in [0.15, 0.2) is 20.7 Å². The molecule has 1 aromatic rings. The molecule has 0 bridgehead atoms. The topological polar surface area (TPSA) is 139 Å². The standard InChI is InChI=1S/C13H19N3O4S2/c1-4-8-6-10(21(18)5-2)11(22(3,19)20)7-9(8)12(17)16-13(14)15/h6-7H,4-5H2,1-3H3,(H4,14,15,16,17). The lowest BCUT2D eigenvalue weighted by atomic mass is 10.0. The van der Waals surface area contributed by atoms with Crippen LogP contribution in [0.2, 0.25) is 0 Å². The summed E-state index contributed by atoms with van der Waals surface area (Å²) < 4.78 is 36.0. The Morgan fingerprint density at radius 1 is 1.32 bits per heavy atom. The largest absolute Gasteiger partial charge is 0.611 e.